The third-order valence-corrected chi connectivity index (χ3v) is 4.57. The van der Waals surface area contributed by atoms with Crippen LogP contribution in [0.15, 0.2) is 46.8 Å². The Morgan fingerprint density at radius 2 is 2.00 bits per heavy atom. The molecule has 1 heterocycles. The van der Waals surface area contributed by atoms with E-state index < -0.39 is 16.1 Å². The fraction of sp³-hybridized carbons (Fsp3) is 0.167. The van der Waals surface area contributed by atoms with Gasteiger partial charge in [-0.3, -0.25) is 0 Å². The zero-order chi connectivity index (χ0) is 14.4. The van der Waals surface area contributed by atoms with E-state index in [9.17, 15) is 13.2 Å². The summed E-state index contributed by atoms with van der Waals surface area (Å²) in [5.41, 5.74) is 0. The van der Waals surface area contributed by atoms with E-state index in [-0.39, 0.29) is 4.90 Å². The summed E-state index contributed by atoms with van der Waals surface area (Å²) in [7, 11) is -3.82. The van der Waals surface area contributed by atoms with Gasteiger partial charge in [-0.1, -0.05) is 18.2 Å². The number of aromatic nitrogens is 1. The number of rotatable bonds is 5. The number of urea groups is 1. The van der Waals surface area contributed by atoms with Crippen LogP contribution < -0.4 is 10.0 Å². The van der Waals surface area contributed by atoms with Crippen molar-refractivity contribution in [1.29, 1.82) is 0 Å². The Labute approximate surface area is 120 Å². The third kappa shape index (κ3) is 4.04. The molecule has 2 aromatic rings. The first-order valence-electron chi connectivity index (χ1n) is 5.82. The van der Waals surface area contributed by atoms with Gasteiger partial charge in [0, 0.05) is 24.5 Å². The Bertz CT molecular complexity index is 655. The lowest BCUT2D eigenvalue weighted by Gasteiger charge is -2.07. The fourth-order valence-electron chi connectivity index (χ4n) is 1.48. The van der Waals surface area contributed by atoms with Gasteiger partial charge >= 0.3 is 6.03 Å². The summed E-state index contributed by atoms with van der Waals surface area (Å²) in [6.45, 7) is 0.323. The number of carbonyl (C=O) groups excluding carboxylic acids is 1. The molecular weight excluding hydrogens is 298 g/mol. The summed E-state index contributed by atoms with van der Waals surface area (Å²) < 4.78 is 25.7. The first kappa shape index (κ1) is 14.5. The van der Waals surface area contributed by atoms with Crippen LogP contribution in [-0.2, 0) is 16.4 Å². The Morgan fingerprint density at radius 1 is 1.25 bits per heavy atom. The topological polar surface area (TPSA) is 88.2 Å². The van der Waals surface area contributed by atoms with E-state index >= 15 is 0 Å². The highest BCUT2D eigenvalue weighted by atomic mass is 32.2. The van der Waals surface area contributed by atoms with Crippen molar-refractivity contribution in [2.24, 2.45) is 0 Å². The Kier molecular flexibility index (Phi) is 4.70. The number of benzene rings is 1. The van der Waals surface area contributed by atoms with Gasteiger partial charge < -0.3 is 5.32 Å². The Morgan fingerprint density at radius 3 is 2.65 bits per heavy atom. The second kappa shape index (κ2) is 6.49. The lowest BCUT2D eigenvalue weighted by molar-refractivity contribution is 0.246. The minimum Gasteiger partial charge on any atom is -0.337 e. The molecule has 2 N–H and O–H groups in total. The van der Waals surface area contributed by atoms with E-state index in [0.717, 1.165) is 5.01 Å². The van der Waals surface area contributed by atoms with Gasteiger partial charge in [0.1, 0.15) is 0 Å². The van der Waals surface area contributed by atoms with Crippen LogP contribution in [-0.4, -0.2) is 26.0 Å². The lowest BCUT2D eigenvalue weighted by Crippen LogP contribution is -2.40. The van der Waals surface area contributed by atoms with E-state index in [1.807, 2.05) is 10.1 Å². The van der Waals surface area contributed by atoms with E-state index in [1.165, 1.54) is 23.5 Å². The molecule has 2 amide bonds. The summed E-state index contributed by atoms with van der Waals surface area (Å²) in [4.78, 5) is 15.7. The SMILES string of the molecule is O=C(NCCc1nccs1)NS(=O)(=O)c1ccccc1. The zero-order valence-electron chi connectivity index (χ0n) is 10.4. The largest absolute Gasteiger partial charge is 0.337 e. The van der Waals surface area contributed by atoms with Crippen LogP contribution in [0.1, 0.15) is 5.01 Å². The highest BCUT2D eigenvalue weighted by molar-refractivity contribution is 7.90. The molecule has 6 nitrogen and oxygen atoms in total. The smallest absolute Gasteiger partial charge is 0.328 e. The minimum atomic E-state index is -3.82. The average molecular weight is 311 g/mol. The van der Waals surface area contributed by atoms with Gasteiger partial charge in [-0.25, -0.2) is 22.9 Å². The van der Waals surface area contributed by atoms with Crippen molar-refractivity contribution in [3.63, 3.8) is 0 Å². The number of carbonyl (C=O) groups is 1. The molecule has 0 fully saturated rings. The molecule has 0 aliphatic heterocycles. The van der Waals surface area contributed by atoms with Crippen LogP contribution in [0.5, 0.6) is 0 Å². The van der Waals surface area contributed by atoms with Crippen LogP contribution in [0.2, 0.25) is 0 Å². The van der Waals surface area contributed by atoms with E-state index in [0.29, 0.717) is 13.0 Å². The van der Waals surface area contributed by atoms with Gasteiger partial charge in [0.2, 0.25) is 0 Å². The molecule has 0 saturated carbocycles. The maximum Gasteiger partial charge on any atom is 0.328 e. The maximum absolute atomic E-state index is 11.9. The Balaban J connectivity index is 1.85. The van der Waals surface area contributed by atoms with Gasteiger partial charge in [-0.15, -0.1) is 11.3 Å². The van der Waals surface area contributed by atoms with Crippen LogP contribution in [0.3, 0.4) is 0 Å². The molecule has 0 saturated heterocycles. The van der Waals surface area contributed by atoms with Gasteiger partial charge in [0.25, 0.3) is 10.0 Å². The first-order chi connectivity index (χ1) is 9.58. The highest BCUT2D eigenvalue weighted by Gasteiger charge is 2.16. The van der Waals surface area contributed by atoms with E-state index in [2.05, 4.69) is 10.3 Å². The number of sulfonamides is 1. The molecule has 106 valence electrons. The van der Waals surface area contributed by atoms with Crippen molar-refractivity contribution in [3.8, 4) is 0 Å². The first-order valence-corrected chi connectivity index (χ1v) is 8.18. The van der Waals surface area contributed by atoms with Gasteiger partial charge in [0.05, 0.1) is 9.90 Å². The summed E-state index contributed by atoms with van der Waals surface area (Å²) in [5.74, 6) is 0. The molecule has 20 heavy (non-hydrogen) atoms. The quantitative estimate of drug-likeness (QED) is 0.873. The van der Waals surface area contributed by atoms with E-state index in [4.69, 9.17) is 0 Å². The molecule has 0 bridgehead atoms. The number of thiazole rings is 1. The molecule has 1 aromatic carbocycles. The molecule has 0 radical (unpaired) electrons. The van der Waals surface area contributed by atoms with Crippen molar-refractivity contribution in [2.75, 3.05) is 6.54 Å². The highest BCUT2D eigenvalue weighted by Crippen LogP contribution is 2.07. The summed E-state index contributed by atoms with van der Waals surface area (Å²) in [6, 6.07) is 6.98. The van der Waals surface area contributed by atoms with E-state index in [1.54, 1.807) is 24.4 Å². The number of hydrogen-bond donors (Lipinski definition) is 2. The van der Waals surface area contributed by atoms with Crippen LogP contribution in [0.25, 0.3) is 0 Å². The molecule has 0 aliphatic carbocycles. The average Bonchev–Trinajstić information content (AvgIpc) is 2.92. The molecule has 0 unspecified atom stereocenters. The fourth-order valence-corrected chi connectivity index (χ4v) is 3.05. The molecule has 0 atom stereocenters. The number of hydrogen-bond acceptors (Lipinski definition) is 5. The van der Waals surface area contributed by atoms with Crippen molar-refractivity contribution >= 4 is 27.4 Å². The standard InChI is InChI=1S/C12H13N3O3S2/c16-12(14-7-6-11-13-8-9-19-11)15-20(17,18)10-4-2-1-3-5-10/h1-5,8-9H,6-7H2,(H2,14,15,16). The summed E-state index contributed by atoms with van der Waals surface area (Å²) in [6.07, 6.45) is 2.25. The lowest BCUT2D eigenvalue weighted by atomic mass is 10.4. The summed E-state index contributed by atoms with van der Waals surface area (Å²) in [5, 5.41) is 5.21. The summed E-state index contributed by atoms with van der Waals surface area (Å²) >= 11 is 1.48. The van der Waals surface area contributed by atoms with Crippen molar-refractivity contribution in [2.45, 2.75) is 11.3 Å². The molecule has 1 aromatic heterocycles. The van der Waals surface area contributed by atoms with Crippen LogP contribution in [0.4, 0.5) is 4.79 Å². The van der Waals surface area contributed by atoms with Crippen LogP contribution >= 0.6 is 11.3 Å². The molecule has 8 heteroatoms. The minimum absolute atomic E-state index is 0.0510. The number of nitrogens with zero attached hydrogens (tertiary/aromatic N) is 1. The van der Waals surface area contributed by atoms with Gasteiger partial charge in [0.15, 0.2) is 0 Å². The zero-order valence-corrected chi connectivity index (χ0v) is 12.1. The third-order valence-electron chi connectivity index (χ3n) is 2.39. The second-order valence-electron chi connectivity index (χ2n) is 3.85. The predicted molar refractivity (Wildman–Crippen MR) is 76.0 cm³/mol. The van der Waals surface area contributed by atoms with Gasteiger partial charge in [-0.05, 0) is 12.1 Å². The van der Waals surface area contributed by atoms with Crippen molar-refractivity contribution in [1.82, 2.24) is 15.0 Å². The predicted octanol–water partition coefficient (Wildman–Crippen LogP) is 1.37. The van der Waals surface area contributed by atoms with Crippen molar-refractivity contribution < 1.29 is 13.2 Å². The molecule has 0 spiro atoms. The number of nitrogens with one attached hydrogen (secondary N) is 2. The normalized spacial score (nSPS) is 11.0. The van der Waals surface area contributed by atoms with Crippen LogP contribution in [0, 0.1) is 0 Å². The second-order valence-corrected chi connectivity index (χ2v) is 6.51. The monoisotopic (exact) mass is 311 g/mol. The number of amides is 2. The Hall–Kier alpha value is -1.93. The molecule has 2 rings (SSSR count). The molecular formula is C12H13N3O3S2. The van der Waals surface area contributed by atoms with Gasteiger partial charge in [-0.2, -0.15) is 0 Å². The maximum atomic E-state index is 11.9. The molecule has 0 aliphatic rings. The van der Waals surface area contributed by atoms with Crippen molar-refractivity contribution in [3.05, 3.63) is 46.9 Å².